The number of rotatable bonds is 4. The van der Waals surface area contributed by atoms with E-state index in [1.807, 2.05) is 6.92 Å². The molecule has 152 valence electrons. The molecule has 0 spiro atoms. The number of halogens is 1. The van der Waals surface area contributed by atoms with Gasteiger partial charge in [-0.15, -0.1) is 0 Å². The molecule has 3 aliphatic rings. The molecule has 0 radical (unpaired) electrons. The zero-order valence-electron chi connectivity index (χ0n) is 15.9. The second-order valence-corrected chi connectivity index (χ2v) is 8.15. The fourth-order valence-electron chi connectivity index (χ4n) is 4.19. The molecule has 2 amide bonds. The first-order chi connectivity index (χ1) is 13.7. The first-order valence-electron chi connectivity index (χ1n) is 9.01. The van der Waals surface area contributed by atoms with Gasteiger partial charge in [0.2, 0.25) is 11.8 Å². The number of imide groups is 1. The molecule has 1 aromatic carbocycles. The highest BCUT2D eigenvalue weighted by Gasteiger charge is 2.72. The van der Waals surface area contributed by atoms with E-state index in [0.717, 1.165) is 28.8 Å². The van der Waals surface area contributed by atoms with Crippen molar-refractivity contribution in [2.45, 2.75) is 38.8 Å². The minimum Gasteiger partial charge on any atom is -0.422 e. The number of aryl methyl sites for hydroxylation is 1. The third kappa shape index (κ3) is 2.91. The number of esters is 2. The Morgan fingerprint density at radius 3 is 2.41 bits per heavy atom. The van der Waals surface area contributed by atoms with Crippen LogP contribution in [0.2, 0.25) is 0 Å². The van der Waals surface area contributed by atoms with Crippen molar-refractivity contribution in [3.05, 3.63) is 40.4 Å². The highest BCUT2D eigenvalue weighted by molar-refractivity contribution is 9.10. The third-order valence-electron chi connectivity index (χ3n) is 5.41. The highest BCUT2D eigenvalue weighted by atomic mass is 79.9. The van der Waals surface area contributed by atoms with E-state index in [4.69, 9.17) is 14.2 Å². The lowest BCUT2D eigenvalue weighted by Crippen LogP contribution is -2.52. The van der Waals surface area contributed by atoms with E-state index < -0.39 is 53.6 Å². The van der Waals surface area contributed by atoms with Crippen LogP contribution in [0, 0.1) is 18.8 Å². The highest BCUT2D eigenvalue weighted by Crippen LogP contribution is 2.54. The molecule has 0 N–H and O–H groups in total. The molecule has 2 fully saturated rings. The summed E-state index contributed by atoms with van der Waals surface area (Å²) in [4.78, 5) is 50.8. The second kappa shape index (κ2) is 6.77. The fourth-order valence-corrected chi connectivity index (χ4v) is 4.56. The molecule has 3 heterocycles. The van der Waals surface area contributed by atoms with Crippen molar-refractivity contribution >= 4 is 45.4 Å². The lowest BCUT2D eigenvalue weighted by atomic mass is 9.76. The van der Waals surface area contributed by atoms with E-state index in [1.165, 1.54) is 0 Å². The Kier molecular flexibility index (Phi) is 4.62. The van der Waals surface area contributed by atoms with E-state index in [2.05, 4.69) is 15.9 Å². The van der Waals surface area contributed by atoms with Crippen LogP contribution in [0.15, 0.2) is 34.8 Å². The van der Waals surface area contributed by atoms with Gasteiger partial charge in [-0.25, -0.2) is 4.90 Å². The summed E-state index contributed by atoms with van der Waals surface area (Å²) in [6.07, 6.45) is 1.04. The summed E-state index contributed by atoms with van der Waals surface area (Å²) in [5, 5.41) is 0. The maximum Gasteiger partial charge on any atom is 0.305 e. The largest absolute Gasteiger partial charge is 0.422 e. The van der Waals surface area contributed by atoms with Crippen LogP contribution >= 0.6 is 15.9 Å². The standard InChI is InChI=1S/C20H18BrNO7/c1-9-4-5-12(8-13(9)21)22-17(25)15-14-6-7-20(29-14,16(15)18(22)26)19(27-10(2)23)28-11(3)24/h4-8,14-16,19H,1-3H3. The molecule has 2 saturated heterocycles. The molecule has 4 unspecified atom stereocenters. The van der Waals surface area contributed by atoms with Gasteiger partial charge in [-0.1, -0.05) is 28.1 Å². The first kappa shape index (κ1) is 19.8. The number of hydrogen-bond acceptors (Lipinski definition) is 7. The van der Waals surface area contributed by atoms with Crippen molar-refractivity contribution < 1.29 is 33.4 Å². The summed E-state index contributed by atoms with van der Waals surface area (Å²) in [6.45, 7) is 4.22. The van der Waals surface area contributed by atoms with Crippen molar-refractivity contribution in [3.8, 4) is 0 Å². The molecular formula is C20H18BrNO7. The van der Waals surface area contributed by atoms with Gasteiger partial charge >= 0.3 is 11.9 Å². The Hall–Kier alpha value is -2.52. The number of amides is 2. The van der Waals surface area contributed by atoms with Gasteiger partial charge in [-0.2, -0.15) is 0 Å². The molecule has 2 bridgehead atoms. The third-order valence-corrected chi connectivity index (χ3v) is 6.26. The van der Waals surface area contributed by atoms with Crippen LogP contribution in [0.25, 0.3) is 0 Å². The molecule has 4 atom stereocenters. The van der Waals surface area contributed by atoms with Gasteiger partial charge in [0, 0.05) is 18.3 Å². The summed E-state index contributed by atoms with van der Waals surface area (Å²) in [5.41, 5.74) is -0.159. The van der Waals surface area contributed by atoms with Crippen LogP contribution in [-0.2, 0) is 33.4 Å². The molecular weight excluding hydrogens is 446 g/mol. The average Bonchev–Trinajstić information content (AvgIpc) is 3.28. The molecule has 4 rings (SSSR count). The molecule has 0 aromatic heterocycles. The van der Waals surface area contributed by atoms with Gasteiger partial charge < -0.3 is 14.2 Å². The Morgan fingerprint density at radius 2 is 1.83 bits per heavy atom. The number of carbonyl (C=O) groups is 4. The van der Waals surface area contributed by atoms with Crippen molar-refractivity contribution in [3.63, 3.8) is 0 Å². The number of fused-ring (bicyclic) bond motifs is 5. The monoisotopic (exact) mass is 463 g/mol. The van der Waals surface area contributed by atoms with Gasteiger partial charge in [0.25, 0.3) is 6.29 Å². The van der Waals surface area contributed by atoms with E-state index >= 15 is 0 Å². The number of nitrogens with zero attached hydrogens (tertiary/aromatic N) is 1. The van der Waals surface area contributed by atoms with Gasteiger partial charge in [-0.3, -0.25) is 19.2 Å². The molecule has 8 nitrogen and oxygen atoms in total. The topological polar surface area (TPSA) is 99.2 Å². The van der Waals surface area contributed by atoms with E-state index in [9.17, 15) is 19.2 Å². The Balaban J connectivity index is 1.75. The Morgan fingerprint density at radius 1 is 1.17 bits per heavy atom. The SMILES string of the molecule is CC(=O)OC(OC(C)=O)C12C=CC(O1)C1C(=O)N(c3ccc(C)c(Br)c3)C(=O)C12. The van der Waals surface area contributed by atoms with E-state index in [1.54, 1.807) is 30.4 Å². The Labute approximate surface area is 174 Å². The number of ether oxygens (including phenoxy) is 3. The predicted octanol–water partition coefficient (Wildman–Crippen LogP) is 2.02. The van der Waals surface area contributed by atoms with Crippen molar-refractivity contribution in [1.82, 2.24) is 0 Å². The van der Waals surface area contributed by atoms with Crippen LogP contribution in [0.5, 0.6) is 0 Å². The summed E-state index contributed by atoms with van der Waals surface area (Å²) in [5.74, 6) is -4.07. The van der Waals surface area contributed by atoms with Crippen molar-refractivity contribution in [2.24, 2.45) is 11.8 Å². The number of hydrogen-bond donors (Lipinski definition) is 0. The van der Waals surface area contributed by atoms with Gasteiger partial charge in [-0.05, 0) is 30.7 Å². The van der Waals surface area contributed by atoms with Crippen LogP contribution in [0.3, 0.4) is 0 Å². The summed E-state index contributed by atoms with van der Waals surface area (Å²) < 4.78 is 17.0. The van der Waals surface area contributed by atoms with Gasteiger partial charge in [0.1, 0.15) is 0 Å². The van der Waals surface area contributed by atoms with Crippen molar-refractivity contribution in [2.75, 3.05) is 4.90 Å². The smallest absolute Gasteiger partial charge is 0.305 e. The lowest BCUT2D eigenvalue weighted by molar-refractivity contribution is -0.226. The van der Waals surface area contributed by atoms with Crippen LogP contribution in [-0.4, -0.2) is 41.7 Å². The maximum atomic E-state index is 13.4. The number of carbonyl (C=O) groups excluding carboxylic acids is 4. The van der Waals surface area contributed by atoms with Crippen LogP contribution in [0.1, 0.15) is 19.4 Å². The molecule has 0 aliphatic carbocycles. The molecule has 0 saturated carbocycles. The number of anilines is 1. The van der Waals surface area contributed by atoms with Crippen molar-refractivity contribution in [1.29, 1.82) is 0 Å². The normalized spacial score (nSPS) is 29.6. The number of benzene rings is 1. The summed E-state index contributed by atoms with van der Waals surface area (Å²) in [7, 11) is 0. The second-order valence-electron chi connectivity index (χ2n) is 7.29. The average molecular weight is 464 g/mol. The van der Waals surface area contributed by atoms with Gasteiger partial charge in [0.15, 0.2) is 5.60 Å². The first-order valence-corrected chi connectivity index (χ1v) is 9.80. The lowest BCUT2D eigenvalue weighted by Gasteiger charge is -2.34. The zero-order chi connectivity index (χ0) is 21.1. The molecule has 29 heavy (non-hydrogen) atoms. The predicted molar refractivity (Wildman–Crippen MR) is 102 cm³/mol. The van der Waals surface area contributed by atoms with E-state index in [0.29, 0.717) is 5.69 Å². The van der Waals surface area contributed by atoms with Gasteiger partial charge in [0.05, 0.1) is 23.6 Å². The Bertz CT molecular complexity index is 958. The maximum absolute atomic E-state index is 13.4. The molecule has 1 aromatic rings. The summed E-state index contributed by atoms with van der Waals surface area (Å²) >= 11 is 3.42. The molecule has 9 heteroatoms. The minimum atomic E-state index is -1.55. The summed E-state index contributed by atoms with van der Waals surface area (Å²) in [6, 6.07) is 5.19. The van der Waals surface area contributed by atoms with E-state index in [-0.39, 0.29) is 0 Å². The fraction of sp³-hybridized carbons (Fsp3) is 0.400. The zero-order valence-corrected chi connectivity index (χ0v) is 17.5. The van der Waals surface area contributed by atoms with Crippen LogP contribution < -0.4 is 4.90 Å². The van der Waals surface area contributed by atoms with Crippen LogP contribution in [0.4, 0.5) is 5.69 Å². The minimum absolute atomic E-state index is 0.406. The molecule has 3 aliphatic heterocycles. The quantitative estimate of drug-likeness (QED) is 0.291.